The van der Waals surface area contributed by atoms with Crippen LogP contribution in [0, 0.1) is 11.7 Å². The van der Waals surface area contributed by atoms with Gasteiger partial charge in [-0.1, -0.05) is 67.5 Å². The largest absolute Gasteiger partial charge is 0.444 e. The average Bonchev–Trinajstić information content (AvgIpc) is 3.99. The van der Waals surface area contributed by atoms with Crippen molar-refractivity contribution in [1.29, 1.82) is 0 Å². The van der Waals surface area contributed by atoms with Gasteiger partial charge in [0, 0.05) is 31.0 Å². The molecule has 2 aromatic carbocycles. The highest BCUT2D eigenvalue weighted by atomic mass is 32.2. The molecule has 3 aliphatic heterocycles. The van der Waals surface area contributed by atoms with Gasteiger partial charge in [-0.3, -0.25) is 24.0 Å². The molecule has 51 heavy (non-hydrogen) atoms. The van der Waals surface area contributed by atoms with Crippen LogP contribution >= 0.6 is 0 Å². The normalized spacial score (nSPS) is 28.1. The van der Waals surface area contributed by atoms with E-state index in [4.69, 9.17) is 4.74 Å². The molecule has 0 unspecified atom stereocenters. The van der Waals surface area contributed by atoms with E-state index in [1.807, 2.05) is 42.5 Å². The van der Waals surface area contributed by atoms with E-state index in [0.717, 1.165) is 31.2 Å². The molecule has 0 bridgehead atoms. The lowest BCUT2D eigenvalue weighted by atomic mass is 10.0. The van der Waals surface area contributed by atoms with Crippen molar-refractivity contribution in [2.45, 2.75) is 106 Å². The lowest BCUT2D eigenvalue weighted by Gasteiger charge is -2.30. The van der Waals surface area contributed by atoms with Gasteiger partial charge >= 0.3 is 6.09 Å². The molecule has 3 N–H and O–H groups in total. The van der Waals surface area contributed by atoms with Crippen LogP contribution in [-0.2, 0) is 48.8 Å². The summed E-state index contributed by atoms with van der Waals surface area (Å²) in [6, 6.07) is 12.6. The Bertz CT molecular complexity index is 1820. The van der Waals surface area contributed by atoms with Crippen LogP contribution in [0.2, 0.25) is 0 Å². The van der Waals surface area contributed by atoms with Crippen LogP contribution in [0.1, 0.15) is 74.5 Å². The summed E-state index contributed by atoms with van der Waals surface area (Å²) >= 11 is 0. The smallest absolute Gasteiger partial charge is 0.410 e. The van der Waals surface area contributed by atoms with Crippen molar-refractivity contribution < 1.29 is 36.7 Å². The molecule has 0 spiro atoms. The number of amides is 4. The number of benzene rings is 2. The summed E-state index contributed by atoms with van der Waals surface area (Å²) in [4.78, 5) is 58.4. The van der Waals surface area contributed by atoms with E-state index in [0.29, 0.717) is 36.9 Å². The van der Waals surface area contributed by atoms with Gasteiger partial charge in [-0.15, -0.1) is 0 Å². The maximum atomic E-state index is 14.4. The maximum Gasteiger partial charge on any atom is 0.410 e. The van der Waals surface area contributed by atoms with Gasteiger partial charge in [0.1, 0.15) is 23.5 Å². The summed E-state index contributed by atoms with van der Waals surface area (Å²) in [5.41, 5.74) is 0.616. The zero-order valence-electron chi connectivity index (χ0n) is 28.4. The highest BCUT2D eigenvalue weighted by Gasteiger charge is 2.62. The molecule has 1 saturated heterocycles. The fraction of sp³-hybridized carbons (Fsp3) is 0.514. The Morgan fingerprint density at radius 3 is 2.57 bits per heavy atom. The van der Waals surface area contributed by atoms with Gasteiger partial charge < -0.3 is 20.3 Å². The quantitative estimate of drug-likeness (QED) is 0.368. The topological polar surface area (TPSA) is 154 Å². The first-order valence-corrected chi connectivity index (χ1v) is 19.4. The Morgan fingerprint density at radius 2 is 1.80 bits per heavy atom. The maximum absolute atomic E-state index is 14.4. The molecular formula is C37H44FN5O7S. The minimum atomic E-state index is -3.88. The number of rotatable bonds is 7. The van der Waals surface area contributed by atoms with Crippen molar-refractivity contribution in [3.63, 3.8) is 0 Å². The molecule has 3 fully saturated rings. The summed E-state index contributed by atoms with van der Waals surface area (Å²) in [6.45, 7) is 0.588. The van der Waals surface area contributed by atoms with Crippen LogP contribution in [0.25, 0.3) is 0 Å². The number of nitrogens with zero attached hydrogens (tertiary/aromatic N) is 2. The Labute approximate surface area is 297 Å². The number of fused-ring (bicyclic) bond motifs is 3. The molecule has 0 aromatic heterocycles. The third-order valence-electron chi connectivity index (χ3n) is 10.7. The molecule has 5 aliphatic rings. The van der Waals surface area contributed by atoms with Gasteiger partial charge in [-0.05, 0) is 55.7 Å². The zero-order valence-corrected chi connectivity index (χ0v) is 29.2. The van der Waals surface area contributed by atoms with Crippen molar-refractivity contribution in [2.24, 2.45) is 5.92 Å². The number of carbonyl (C=O) groups excluding carboxylic acids is 4. The van der Waals surface area contributed by atoms with E-state index >= 15 is 0 Å². The fourth-order valence-corrected chi connectivity index (χ4v) is 8.83. The molecule has 14 heteroatoms. The third-order valence-corrected chi connectivity index (χ3v) is 12.5. The first-order valence-electron chi connectivity index (χ1n) is 17.9. The van der Waals surface area contributed by atoms with E-state index in [9.17, 15) is 32.0 Å². The number of halogens is 1. The molecule has 2 aromatic rings. The van der Waals surface area contributed by atoms with Crippen LogP contribution in [-0.4, -0.2) is 77.6 Å². The SMILES string of the molecule is O=C1N[C@]2(C(=O)NS(=O)(=O)C3CC3)C[C@H]2C=CCCCCC[C@H](NCc2ccccc2)C(=O)N2C[C@H](OC(=O)N3Cc4cccc(F)c4C3)C[C@@H]12. The van der Waals surface area contributed by atoms with Crippen LogP contribution in [0.15, 0.2) is 60.7 Å². The number of allylic oxidation sites excluding steroid dienone is 1. The minimum Gasteiger partial charge on any atom is -0.444 e. The second-order valence-corrected chi connectivity index (χ2v) is 16.4. The van der Waals surface area contributed by atoms with Crippen molar-refractivity contribution in [3.05, 3.63) is 83.2 Å². The van der Waals surface area contributed by atoms with Gasteiger partial charge in [-0.2, -0.15) is 0 Å². The molecule has 3 heterocycles. The van der Waals surface area contributed by atoms with E-state index in [1.54, 1.807) is 12.1 Å². The van der Waals surface area contributed by atoms with Crippen LogP contribution < -0.4 is 15.4 Å². The van der Waals surface area contributed by atoms with Gasteiger partial charge in [-0.25, -0.2) is 17.6 Å². The van der Waals surface area contributed by atoms with E-state index in [1.165, 1.54) is 15.9 Å². The van der Waals surface area contributed by atoms with E-state index in [-0.39, 0.29) is 38.4 Å². The minimum absolute atomic E-state index is 0.0254. The Balaban J connectivity index is 1.13. The Kier molecular flexibility index (Phi) is 9.90. The van der Waals surface area contributed by atoms with Crippen molar-refractivity contribution in [1.82, 2.24) is 25.2 Å². The van der Waals surface area contributed by atoms with Crippen LogP contribution in [0.5, 0.6) is 0 Å². The summed E-state index contributed by atoms with van der Waals surface area (Å²) in [5.74, 6) is -2.55. The van der Waals surface area contributed by atoms with Crippen LogP contribution in [0.4, 0.5) is 9.18 Å². The van der Waals surface area contributed by atoms with Gasteiger partial charge in [0.15, 0.2) is 0 Å². The van der Waals surface area contributed by atoms with E-state index < -0.39 is 68.6 Å². The van der Waals surface area contributed by atoms with Gasteiger partial charge in [0.2, 0.25) is 21.8 Å². The second kappa shape index (κ2) is 14.4. The number of hydrogen-bond acceptors (Lipinski definition) is 8. The molecule has 5 atom stereocenters. The van der Waals surface area contributed by atoms with E-state index in [2.05, 4.69) is 15.4 Å². The summed E-state index contributed by atoms with van der Waals surface area (Å²) < 4.78 is 48.0. The number of ether oxygens (including phenoxy) is 1. The third kappa shape index (κ3) is 7.67. The predicted molar refractivity (Wildman–Crippen MR) is 184 cm³/mol. The zero-order chi connectivity index (χ0) is 35.8. The highest BCUT2D eigenvalue weighted by molar-refractivity contribution is 7.91. The predicted octanol–water partition coefficient (Wildman–Crippen LogP) is 3.41. The number of carbonyl (C=O) groups is 4. The average molecular weight is 722 g/mol. The summed E-state index contributed by atoms with van der Waals surface area (Å²) in [5, 5.41) is 5.62. The van der Waals surface area contributed by atoms with Crippen molar-refractivity contribution in [2.75, 3.05) is 6.54 Å². The Hall–Kier alpha value is -4.30. The summed E-state index contributed by atoms with van der Waals surface area (Å²) in [7, 11) is -3.88. The molecule has 0 radical (unpaired) electrons. The lowest BCUT2D eigenvalue weighted by Crippen LogP contribution is -2.58. The molecule has 12 nitrogen and oxygen atoms in total. The van der Waals surface area contributed by atoms with Crippen molar-refractivity contribution >= 4 is 33.8 Å². The van der Waals surface area contributed by atoms with Crippen molar-refractivity contribution in [3.8, 4) is 0 Å². The van der Waals surface area contributed by atoms with Crippen LogP contribution in [0.3, 0.4) is 0 Å². The monoisotopic (exact) mass is 721 g/mol. The molecule has 272 valence electrons. The molecule has 2 aliphatic carbocycles. The standard InChI is InChI=1S/C37H44FN5O7S/c38-30-14-9-12-25-21-42(23-29(25)30)36(47)50-27-18-32-33(44)40-37(35(46)41-51(48,49)28-16-17-28)19-26(37)13-7-2-1-3-8-15-31(34(45)43(32)22-27)39-20-24-10-5-4-6-11-24/h4-7,9-14,26-28,31-32,39H,1-3,8,15-23H2,(H,40,44)(H,41,46)/t26-,27-,31+,32+,37-/m1/s1. The second-order valence-electron chi connectivity index (χ2n) is 14.4. The van der Waals surface area contributed by atoms with Gasteiger partial charge in [0.25, 0.3) is 5.91 Å². The highest BCUT2D eigenvalue weighted by Crippen LogP contribution is 2.46. The molecule has 7 rings (SSSR count). The first-order chi connectivity index (χ1) is 24.5. The Morgan fingerprint density at radius 1 is 1.00 bits per heavy atom. The lowest BCUT2D eigenvalue weighted by molar-refractivity contribution is -0.141. The summed E-state index contributed by atoms with van der Waals surface area (Å²) in [6.07, 6.45) is 7.19. The fourth-order valence-electron chi connectivity index (χ4n) is 7.47. The number of sulfonamides is 1. The number of nitrogens with one attached hydrogen (secondary N) is 3. The molecular weight excluding hydrogens is 678 g/mol. The first kappa shape index (κ1) is 35.1. The molecule has 4 amide bonds. The molecule has 2 saturated carbocycles. The van der Waals surface area contributed by atoms with Gasteiger partial charge in [0.05, 0.1) is 24.4 Å². The number of hydrogen-bond donors (Lipinski definition) is 3.